The molecule has 1 heterocycles. The van der Waals surface area contributed by atoms with E-state index >= 15 is 0 Å². The fourth-order valence-electron chi connectivity index (χ4n) is 2.52. The highest BCUT2D eigenvalue weighted by Gasteiger charge is 2.09. The van der Waals surface area contributed by atoms with E-state index in [2.05, 4.69) is 10.2 Å². The molecule has 1 amide bonds. The van der Waals surface area contributed by atoms with Crippen molar-refractivity contribution in [2.24, 2.45) is 0 Å². The van der Waals surface area contributed by atoms with Crippen LogP contribution in [0.2, 0.25) is 0 Å². The predicted molar refractivity (Wildman–Crippen MR) is 87.8 cm³/mol. The van der Waals surface area contributed by atoms with Gasteiger partial charge in [0.05, 0.1) is 0 Å². The molecule has 0 atom stereocenters. The molecule has 4 heteroatoms. The van der Waals surface area contributed by atoms with Gasteiger partial charge in [-0.15, -0.1) is 0 Å². The molecule has 1 aromatic carbocycles. The lowest BCUT2D eigenvalue weighted by Gasteiger charge is -2.13. The van der Waals surface area contributed by atoms with Crippen LogP contribution in [0.3, 0.4) is 0 Å². The SMILES string of the molecule is Nc1ccc(/C=C/C(=O)NCCCCN2CCCC2)cc1. The normalized spacial score (nSPS) is 15.6. The number of hydrogen-bond donors (Lipinski definition) is 2. The number of rotatable bonds is 7. The molecule has 0 bridgehead atoms. The Morgan fingerprint density at radius 2 is 1.90 bits per heavy atom. The highest BCUT2D eigenvalue weighted by Crippen LogP contribution is 2.08. The lowest BCUT2D eigenvalue weighted by atomic mass is 10.2. The Hall–Kier alpha value is -1.81. The molecule has 0 unspecified atom stereocenters. The Balaban J connectivity index is 1.57. The summed E-state index contributed by atoms with van der Waals surface area (Å²) in [5.74, 6) is -0.0343. The zero-order valence-electron chi connectivity index (χ0n) is 12.6. The van der Waals surface area contributed by atoms with Crippen molar-refractivity contribution >= 4 is 17.7 Å². The van der Waals surface area contributed by atoms with Crippen molar-refractivity contribution in [2.45, 2.75) is 25.7 Å². The number of nitrogens with one attached hydrogen (secondary N) is 1. The minimum atomic E-state index is -0.0343. The maximum atomic E-state index is 11.7. The van der Waals surface area contributed by atoms with Crippen molar-refractivity contribution in [2.75, 3.05) is 31.9 Å². The standard InChI is InChI=1S/C17H25N3O/c18-16-8-5-15(6-9-16)7-10-17(21)19-11-1-2-12-20-13-3-4-14-20/h5-10H,1-4,11-14,18H2,(H,19,21)/b10-7+. The van der Waals surface area contributed by atoms with E-state index in [9.17, 15) is 4.79 Å². The molecule has 2 rings (SSSR count). The number of likely N-dealkylation sites (tertiary alicyclic amines) is 1. The highest BCUT2D eigenvalue weighted by molar-refractivity contribution is 5.91. The van der Waals surface area contributed by atoms with E-state index in [4.69, 9.17) is 5.73 Å². The number of carbonyl (C=O) groups is 1. The Labute approximate surface area is 127 Å². The lowest BCUT2D eigenvalue weighted by molar-refractivity contribution is -0.116. The van der Waals surface area contributed by atoms with E-state index in [1.807, 2.05) is 24.3 Å². The van der Waals surface area contributed by atoms with Gasteiger partial charge >= 0.3 is 0 Å². The van der Waals surface area contributed by atoms with Gasteiger partial charge in [0.1, 0.15) is 0 Å². The average molecular weight is 287 g/mol. The Morgan fingerprint density at radius 1 is 1.19 bits per heavy atom. The van der Waals surface area contributed by atoms with Crippen LogP contribution in [-0.4, -0.2) is 37.0 Å². The number of carbonyl (C=O) groups excluding carboxylic acids is 1. The molecule has 4 nitrogen and oxygen atoms in total. The molecule has 0 aliphatic carbocycles. The van der Waals surface area contributed by atoms with Gasteiger partial charge in [-0.25, -0.2) is 0 Å². The van der Waals surface area contributed by atoms with Crippen LogP contribution in [0.25, 0.3) is 6.08 Å². The summed E-state index contributed by atoms with van der Waals surface area (Å²) >= 11 is 0. The number of amides is 1. The zero-order chi connectivity index (χ0) is 14.9. The van der Waals surface area contributed by atoms with E-state index in [0.29, 0.717) is 0 Å². The first-order chi connectivity index (χ1) is 10.2. The number of benzene rings is 1. The first-order valence-corrected chi connectivity index (χ1v) is 7.78. The maximum absolute atomic E-state index is 11.7. The van der Waals surface area contributed by atoms with E-state index in [1.165, 1.54) is 25.9 Å². The second kappa shape index (κ2) is 8.47. The minimum Gasteiger partial charge on any atom is -0.399 e. The fourth-order valence-corrected chi connectivity index (χ4v) is 2.52. The third kappa shape index (κ3) is 6.00. The van der Waals surface area contributed by atoms with E-state index < -0.39 is 0 Å². The van der Waals surface area contributed by atoms with Gasteiger partial charge in [-0.3, -0.25) is 4.79 Å². The van der Waals surface area contributed by atoms with Gasteiger partial charge in [-0.1, -0.05) is 12.1 Å². The molecule has 0 spiro atoms. The van der Waals surface area contributed by atoms with Gasteiger partial charge in [-0.05, 0) is 69.1 Å². The number of nitrogens with two attached hydrogens (primary N) is 1. The second-order valence-electron chi connectivity index (χ2n) is 5.55. The van der Waals surface area contributed by atoms with E-state index in [-0.39, 0.29) is 5.91 Å². The van der Waals surface area contributed by atoms with Crippen LogP contribution in [0.4, 0.5) is 5.69 Å². The van der Waals surface area contributed by atoms with Crippen LogP contribution in [0.15, 0.2) is 30.3 Å². The monoisotopic (exact) mass is 287 g/mol. The van der Waals surface area contributed by atoms with Crippen LogP contribution in [0, 0.1) is 0 Å². The summed E-state index contributed by atoms with van der Waals surface area (Å²) in [6.07, 6.45) is 8.25. The summed E-state index contributed by atoms with van der Waals surface area (Å²) in [7, 11) is 0. The minimum absolute atomic E-state index is 0.0343. The van der Waals surface area contributed by atoms with Gasteiger partial charge in [0, 0.05) is 18.3 Å². The summed E-state index contributed by atoms with van der Waals surface area (Å²) < 4.78 is 0. The number of nitrogen functional groups attached to an aromatic ring is 1. The molecule has 1 fully saturated rings. The molecule has 21 heavy (non-hydrogen) atoms. The molecule has 0 saturated carbocycles. The van der Waals surface area contributed by atoms with Crippen LogP contribution < -0.4 is 11.1 Å². The smallest absolute Gasteiger partial charge is 0.243 e. The maximum Gasteiger partial charge on any atom is 0.243 e. The largest absolute Gasteiger partial charge is 0.399 e. The molecule has 3 N–H and O–H groups in total. The zero-order valence-corrected chi connectivity index (χ0v) is 12.6. The van der Waals surface area contributed by atoms with E-state index in [1.54, 1.807) is 12.2 Å². The number of hydrogen-bond acceptors (Lipinski definition) is 3. The molecular formula is C17H25N3O. The summed E-state index contributed by atoms with van der Waals surface area (Å²) in [5, 5.41) is 2.92. The van der Waals surface area contributed by atoms with Crippen molar-refractivity contribution in [3.05, 3.63) is 35.9 Å². The predicted octanol–water partition coefficient (Wildman–Crippen LogP) is 2.27. The summed E-state index contributed by atoms with van der Waals surface area (Å²) in [4.78, 5) is 14.2. The van der Waals surface area contributed by atoms with Gasteiger partial charge in [0.15, 0.2) is 0 Å². The summed E-state index contributed by atoms with van der Waals surface area (Å²) in [6.45, 7) is 4.41. The molecule has 1 aliphatic rings. The molecular weight excluding hydrogens is 262 g/mol. The van der Waals surface area contributed by atoms with Gasteiger partial charge in [-0.2, -0.15) is 0 Å². The summed E-state index contributed by atoms with van der Waals surface area (Å²) in [6, 6.07) is 7.45. The lowest BCUT2D eigenvalue weighted by Crippen LogP contribution is -2.24. The first-order valence-electron chi connectivity index (χ1n) is 7.78. The summed E-state index contributed by atoms with van der Waals surface area (Å²) in [5.41, 5.74) is 7.33. The van der Waals surface area contributed by atoms with Crippen molar-refractivity contribution < 1.29 is 4.79 Å². The highest BCUT2D eigenvalue weighted by atomic mass is 16.1. The van der Waals surface area contributed by atoms with Gasteiger partial charge in [0.2, 0.25) is 5.91 Å². The average Bonchev–Trinajstić information content (AvgIpc) is 2.99. The van der Waals surface area contributed by atoms with Crippen LogP contribution in [0.1, 0.15) is 31.2 Å². The number of nitrogens with zero attached hydrogens (tertiary/aromatic N) is 1. The topological polar surface area (TPSA) is 58.4 Å². The molecule has 0 aromatic heterocycles. The van der Waals surface area contributed by atoms with Crippen LogP contribution in [0.5, 0.6) is 0 Å². The van der Waals surface area contributed by atoms with Crippen molar-refractivity contribution in [1.82, 2.24) is 10.2 Å². The van der Waals surface area contributed by atoms with Crippen molar-refractivity contribution in [3.63, 3.8) is 0 Å². The van der Waals surface area contributed by atoms with Crippen molar-refractivity contribution in [1.29, 1.82) is 0 Å². The molecule has 1 saturated heterocycles. The van der Waals surface area contributed by atoms with Gasteiger partial charge < -0.3 is 16.0 Å². The molecule has 1 aliphatic heterocycles. The number of anilines is 1. The molecule has 0 radical (unpaired) electrons. The van der Waals surface area contributed by atoms with Crippen LogP contribution in [-0.2, 0) is 4.79 Å². The first kappa shape index (κ1) is 15.6. The van der Waals surface area contributed by atoms with E-state index in [0.717, 1.165) is 37.2 Å². The second-order valence-corrected chi connectivity index (χ2v) is 5.55. The van der Waals surface area contributed by atoms with Gasteiger partial charge in [0.25, 0.3) is 0 Å². The Morgan fingerprint density at radius 3 is 2.62 bits per heavy atom. The Bertz CT molecular complexity index is 461. The Kier molecular flexibility index (Phi) is 6.28. The quantitative estimate of drug-likeness (QED) is 0.459. The molecule has 114 valence electrons. The fraction of sp³-hybridized carbons (Fsp3) is 0.471. The van der Waals surface area contributed by atoms with Crippen molar-refractivity contribution in [3.8, 4) is 0 Å². The third-order valence-electron chi connectivity index (χ3n) is 3.76. The third-order valence-corrected chi connectivity index (χ3v) is 3.76. The van der Waals surface area contributed by atoms with Crippen LogP contribution >= 0.6 is 0 Å². The molecule has 1 aromatic rings. The number of unbranched alkanes of at least 4 members (excludes halogenated alkanes) is 1.